The molecule has 1 aromatic heterocycles. The molecule has 0 fully saturated rings. The highest BCUT2D eigenvalue weighted by Crippen LogP contribution is 2.35. The summed E-state index contributed by atoms with van der Waals surface area (Å²) in [7, 11) is 0. The van der Waals surface area contributed by atoms with Gasteiger partial charge in [0.15, 0.2) is 0 Å². The van der Waals surface area contributed by atoms with E-state index in [9.17, 15) is 9.90 Å². The predicted molar refractivity (Wildman–Crippen MR) is 100 cm³/mol. The number of carbonyl (C=O) groups is 1. The molecule has 1 aliphatic rings. The molecule has 136 valence electrons. The Bertz CT molecular complexity index is 1030. The number of halogens is 1. The lowest BCUT2D eigenvalue weighted by molar-refractivity contribution is -0.113. The first-order valence-electron chi connectivity index (χ1n) is 8.14. The van der Waals surface area contributed by atoms with Gasteiger partial charge in [0.2, 0.25) is 5.95 Å². The van der Waals surface area contributed by atoms with Crippen molar-refractivity contribution < 1.29 is 9.90 Å². The van der Waals surface area contributed by atoms with Crippen LogP contribution in [0.5, 0.6) is 5.75 Å². The number of nitrogens with zero attached hydrogens (tertiary/aromatic N) is 4. The monoisotopic (exact) mass is 382 g/mol. The van der Waals surface area contributed by atoms with E-state index in [0.717, 1.165) is 5.56 Å². The fourth-order valence-corrected chi connectivity index (χ4v) is 3.13. The number of fused-ring (bicyclic) bond motifs is 1. The first-order valence-corrected chi connectivity index (χ1v) is 8.52. The standard InChI is InChI=1S/C18H15ClN6O2/c1-10-15(17(27)21-13-6-4-12(19)5-7-13)16(11-2-8-14(26)9-3-11)25-18(20-10)22-23-24-25/h2-9,16,26H,1H3,(H,21,27)(H,20,22,24)/t16-/m0/s1. The Morgan fingerprint density at radius 2 is 1.89 bits per heavy atom. The van der Waals surface area contributed by atoms with Crippen LogP contribution >= 0.6 is 11.6 Å². The van der Waals surface area contributed by atoms with E-state index in [2.05, 4.69) is 26.2 Å². The van der Waals surface area contributed by atoms with Crippen molar-refractivity contribution in [3.05, 3.63) is 70.4 Å². The lowest BCUT2D eigenvalue weighted by Gasteiger charge is -2.28. The number of hydrogen-bond donors (Lipinski definition) is 3. The number of rotatable bonds is 3. The molecule has 1 amide bonds. The van der Waals surface area contributed by atoms with Crippen LogP contribution in [-0.4, -0.2) is 31.2 Å². The summed E-state index contributed by atoms with van der Waals surface area (Å²) in [5.74, 6) is 0.285. The van der Waals surface area contributed by atoms with Gasteiger partial charge in [-0.2, -0.15) is 4.68 Å². The molecule has 3 aromatic rings. The van der Waals surface area contributed by atoms with Crippen LogP contribution in [0.3, 0.4) is 0 Å². The third-order valence-corrected chi connectivity index (χ3v) is 4.52. The third kappa shape index (κ3) is 3.22. The average molecular weight is 383 g/mol. The summed E-state index contributed by atoms with van der Waals surface area (Å²) < 4.78 is 1.54. The predicted octanol–water partition coefficient (Wildman–Crippen LogP) is 2.96. The Labute approximate surface area is 159 Å². The Kier molecular flexibility index (Phi) is 4.25. The molecule has 0 saturated heterocycles. The molecule has 2 heterocycles. The third-order valence-electron chi connectivity index (χ3n) is 4.27. The number of aromatic nitrogens is 4. The molecule has 27 heavy (non-hydrogen) atoms. The summed E-state index contributed by atoms with van der Waals surface area (Å²) in [5, 5.41) is 27.8. The van der Waals surface area contributed by atoms with Crippen LogP contribution in [0, 0.1) is 0 Å². The van der Waals surface area contributed by atoms with E-state index < -0.39 is 6.04 Å². The van der Waals surface area contributed by atoms with Crippen molar-refractivity contribution in [2.24, 2.45) is 0 Å². The van der Waals surface area contributed by atoms with Crippen molar-refractivity contribution in [1.29, 1.82) is 0 Å². The zero-order valence-corrected chi connectivity index (χ0v) is 15.0. The maximum atomic E-state index is 13.1. The Morgan fingerprint density at radius 1 is 1.19 bits per heavy atom. The van der Waals surface area contributed by atoms with Crippen molar-refractivity contribution in [3.8, 4) is 5.75 Å². The first-order chi connectivity index (χ1) is 13.0. The van der Waals surface area contributed by atoms with Gasteiger partial charge >= 0.3 is 0 Å². The highest BCUT2D eigenvalue weighted by atomic mass is 35.5. The number of allylic oxidation sites excluding steroid dienone is 1. The maximum Gasteiger partial charge on any atom is 0.255 e. The number of anilines is 2. The molecule has 0 radical (unpaired) electrons. The van der Waals surface area contributed by atoms with E-state index in [1.165, 1.54) is 4.68 Å². The molecule has 0 unspecified atom stereocenters. The van der Waals surface area contributed by atoms with Crippen LogP contribution in [0.2, 0.25) is 5.02 Å². The van der Waals surface area contributed by atoms with Gasteiger partial charge in [-0.05, 0) is 59.3 Å². The fourth-order valence-electron chi connectivity index (χ4n) is 3.00. The topological polar surface area (TPSA) is 105 Å². The summed E-state index contributed by atoms with van der Waals surface area (Å²) in [4.78, 5) is 13.1. The number of phenols is 1. The highest BCUT2D eigenvalue weighted by molar-refractivity contribution is 6.30. The Balaban J connectivity index is 1.74. The number of carbonyl (C=O) groups excluding carboxylic acids is 1. The number of hydrogen-bond acceptors (Lipinski definition) is 6. The second-order valence-electron chi connectivity index (χ2n) is 6.07. The number of benzene rings is 2. The molecule has 0 spiro atoms. The van der Waals surface area contributed by atoms with Gasteiger partial charge in [-0.15, -0.1) is 0 Å². The van der Waals surface area contributed by atoms with E-state index in [-0.39, 0.29) is 11.7 Å². The molecule has 1 aliphatic heterocycles. The second-order valence-corrected chi connectivity index (χ2v) is 6.50. The molecular weight excluding hydrogens is 368 g/mol. The molecule has 0 saturated carbocycles. The van der Waals surface area contributed by atoms with Crippen LogP contribution in [0.1, 0.15) is 18.5 Å². The maximum absolute atomic E-state index is 13.1. The number of amides is 1. The van der Waals surface area contributed by atoms with Crippen molar-refractivity contribution >= 4 is 29.1 Å². The van der Waals surface area contributed by atoms with Crippen molar-refractivity contribution in [2.45, 2.75) is 13.0 Å². The van der Waals surface area contributed by atoms with E-state index >= 15 is 0 Å². The van der Waals surface area contributed by atoms with Gasteiger partial charge in [0.1, 0.15) is 11.8 Å². The fraction of sp³-hybridized carbons (Fsp3) is 0.111. The SMILES string of the molecule is CC1=C(C(=O)Nc2ccc(Cl)cc2)[C@H](c2ccc(O)cc2)n2nnnc2N1. The number of tetrazole rings is 1. The van der Waals surface area contributed by atoms with Crippen LogP contribution in [0.15, 0.2) is 59.8 Å². The molecule has 4 rings (SSSR count). The molecule has 0 aliphatic carbocycles. The minimum atomic E-state index is -0.538. The lowest BCUT2D eigenvalue weighted by atomic mass is 9.95. The van der Waals surface area contributed by atoms with Gasteiger partial charge in [-0.1, -0.05) is 28.8 Å². The molecule has 3 N–H and O–H groups in total. The Hall–Kier alpha value is -3.39. The second kappa shape index (κ2) is 6.73. The van der Waals surface area contributed by atoms with Crippen LogP contribution < -0.4 is 10.6 Å². The summed E-state index contributed by atoms with van der Waals surface area (Å²) in [6.45, 7) is 1.79. The van der Waals surface area contributed by atoms with E-state index in [1.54, 1.807) is 55.5 Å². The number of phenolic OH excluding ortho intramolecular Hbond substituents is 1. The summed E-state index contributed by atoms with van der Waals surface area (Å²) in [6.07, 6.45) is 0. The average Bonchev–Trinajstić information content (AvgIpc) is 3.11. The van der Waals surface area contributed by atoms with Gasteiger partial charge in [-0.25, -0.2) is 0 Å². The normalized spacial score (nSPS) is 15.9. The van der Waals surface area contributed by atoms with Gasteiger partial charge < -0.3 is 15.7 Å². The zero-order chi connectivity index (χ0) is 19.0. The molecular formula is C18H15ClN6O2. The Morgan fingerprint density at radius 3 is 2.59 bits per heavy atom. The lowest BCUT2D eigenvalue weighted by Crippen LogP contribution is -2.31. The summed E-state index contributed by atoms with van der Waals surface area (Å²) in [5.41, 5.74) is 2.50. The van der Waals surface area contributed by atoms with Gasteiger partial charge in [0, 0.05) is 16.4 Å². The molecule has 0 bridgehead atoms. The van der Waals surface area contributed by atoms with E-state index in [4.69, 9.17) is 11.6 Å². The minimum Gasteiger partial charge on any atom is -0.508 e. The quantitative estimate of drug-likeness (QED) is 0.643. The molecule has 2 aromatic carbocycles. The molecule has 1 atom stereocenters. The number of aromatic hydroxyl groups is 1. The van der Waals surface area contributed by atoms with E-state index in [0.29, 0.717) is 27.9 Å². The minimum absolute atomic E-state index is 0.137. The van der Waals surface area contributed by atoms with Crippen molar-refractivity contribution in [1.82, 2.24) is 20.2 Å². The van der Waals surface area contributed by atoms with Gasteiger partial charge in [0.05, 0.1) is 5.57 Å². The smallest absolute Gasteiger partial charge is 0.255 e. The largest absolute Gasteiger partial charge is 0.508 e. The molecule has 8 nitrogen and oxygen atoms in total. The molecule has 9 heteroatoms. The van der Waals surface area contributed by atoms with Crippen molar-refractivity contribution in [2.75, 3.05) is 10.6 Å². The van der Waals surface area contributed by atoms with Crippen molar-refractivity contribution in [3.63, 3.8) is 0 Å². The van der Waals surface area contributed by atoms with Gasteiger partial charge in [-0.3, -0.25) is 4.79 Å². The number of nitrogens with one attached hydrogen (secondary N) is 2. The highest BCUT2D eigenvalue weighted by Gasteiger charge is 2.34. The van der Waals surface area contributed by atoms with Crippen LogP contribution in [0.4, 0.5) is 11.6 Å². The summed E-state index contributed by atoms with van der Waals surface area (Å²) >= 11 is 5.90. The van der Waals surface area contributed by atoms with E-state index in [1.807, 2.05) is 0 Å². The van der Waals surface area contributed by atoms with Crippen LogP contribution in [0.25, 0.3) is 0 Å². The zero-order valence-electron chi connectivity index (χ0n) is 14.2. The summed E-state index contributed by atoms with van der Waals surface area (Å²) in [6, 6.07) is 12.9. The van der Waals surface area contributed by atoms with Crippen LogP contribution in [-0.2, 0) is 4.79 Å². The van der Waals surface area contributed by atoms with Gasteiger partial charge in [0.25, 0.3) is 5.91 Å². The first kappa shape index (κ1) is 17.0.